The number of halogens is 2. The molecule has 1 amide bonds. The van der Waals surface area contributed by atoms with Crippen molar-refractivity contribution in [1.29, 1.82) is 0 Å². The molecule has 0 spiro atoms. The molecule has 3 aromatic rings. The monoisotopic (exact) mass is 445 g/mol. The second kappa shape index (κ2) is 8.97. The van der Waals surface area contributed by atoms with Gasteiger partial charge >= 0.3 is 0 Å². The summed E-state index contributed by atoms with van der Waals surface area (Å²) in [6.07, 6.45) is 3.87. The van der Waals surface area contributed by atoms with Gasteiger partial charge in [-0.25, -0.2) is 4.68 Å². The van der Waals surface area contributed by atoms with Gasteiger partial charge in [-0.2, -0.15) is 5.10 Å². The highest BCUT2D eigenvalue weighted by Gasteiger charge is 2.10. The first-order valence-corrected chi connectivity index (χ1v) is 9.53. The Labute approximate surface area is 170 Å². The van der Waals surface area contributed by atoms with Gasteiger partial charge in [-0.1, -0.05) is 39.7 Å². The minimum atomic E-state index is -0.167. The molecule has 1 N–H and O–H groups in total. The largest absolute Gasteiger partial charge is 0.352 e. The SMILES string of the molecule is O=C(CCC(=O)c1ccc(Br)cc1)NCc1cnn(-c2ccc(Cl)cc2)c1. The maximum Gasteiger partial charge on any atom is 0.220 e. The Morgan fingerprint density at radius 1 is 1.04 bits per heavy atom. The number of carbonyl (C=O) groups excluding carboxylic acids is 2. The normalized spacial score (nSPS) is 10.6. The van der Waals surface area contributed by atoms with Gasteiger partial charge in [0.1, 0.15) is 0 Å². The molecule has 0 fully saturated rings. The van der Waals surface area contributed by atoms with E-state index in [1.54, 1.807) is 35.1 Å². The predicted molar refractivity (Wildman–Crippen MR) is 108 cm³/mol. The van der Waals surface area contributed by atoms with Crippen molar-refractivity contribution in [2.75, 3.05) is 0 Å². The molecule has 3 rings (SSSR count). The van der Waals surface area contributed by atoms with Crippen molar-refractivity contribution in [2.24, 2.45) is 0 Å². The van der Waals surface area contributed by atoms with E-state index >= 15 is 0 Å². The Kier molecular flexibility index (Phi) is 6.42. The van der Waals surface area contributed by atoms with E-state index in [9.17, 15) is 9.59 Å². The van der Waals surface area contributed by atoms with Crippen molar-refractivity contribution >= 4 is 39.2 Å². The number of carbonyl (C=O) groups is 2. The quantitative estimate of drug-likeness (QED) is 0.541. The van der Waals surface area contributed by atoms with Crippen LogP contribution in [0.3, 0.4) is 0 Å². The zero-order valence-electron chi connectivity index (χ0n) is 14.4. The molecule has 0 radical (unpaired) electrons. The zero-order chi connectivity index (χ0) is 19.2. The smallest absolute Gasteiger partial charge is 0.220 e. The van der Waals surface area contributed by atoms with E-state index < -0.39 is 0 Å². The Morgan fingerprint density at radius 2 is 1.74 bits per heavy atom. The predicted octanol–water partition coefficient (Wildman–Crippen LogP) is 4.57. The van der Waals surface area contributed by atoms with E-state index in [4.69, 9.17) is 11.6 Å². The number of rotatable bonds is 7. The molecule has 0 saturated carbocycles. The third-order valence-electron chi connectivity index (χ3n) is 3.96. The first-order chi connectivity index (χ1) is 13.0. The molecule has 0 aliphatic rings. The minimum Gasteiger partial charge on any atom is -0.352 e. The van der Waals surface area contributed by atoms with Crippen LogP contribution >= 0.6 is 27.5 Å². The van der Waals surface area contributed by atoms with Crippen LogP contribution in [-0.4, -0.2) is 21.5 Å². The Hall–Kier alpha value is -2.44. The molecule has 27 heavy (non-hydrogen) atoms. The maximum absolute atomic E-state index is 12.1. The number of hydrogen-bond donors (Lipinski definition) is 1. The second-order valence-electron chi connectivity index (χ2n) is 5.98. The van der Waals surface area contributed by atoms with Crippen LogP contribution in [0.5, 0.6) is 0 Å². The fraction of sp³-hybridized carbons (Fsp3) is 0.150. The molecule has 0 unspecified atom stereocenters. The number of nitrogens with one attached hydrogen (secondary N) is 1. The summed E-state index contributed by atoms with van der Waals surface area (Å²) < 4.78 is 2.63. The van der Waals surface area contributed by atoms with Crippen LogP contribution in [-0.2, 0) is 11.3 Å². The maximum atomic E-state index is 12.1. The van der Waals surface area contributed by atoms with Gasteiger partial charge in [0.05, 0.1) is 11.9 Å². The van der Waals surface area contributed by atoms with Gasteiger partial charge in [0, 0.05) is 46.2 Å². The van der Waals surface area contributed by atoms with Crippen molar-refractivity contribution in [3.05, 3.63) is 81.5 Å². The van der Waals surface area contributed by atoms with Gasteiger partial charge in [-0.05, 0) is 36.4 Å². The van der Waals surface area contributed by atoms with Crippen LogP contribution in [0.1, 0.15) is 28.8 Å². The van der Waals surface area contributed by atoms with E-state index in [1.807, 2.05) is 30.5 Å². The number of nitrogens with zero attached hydrogens (tertiary/aromatic N) is 2. The van der Waals surface area contributed by atoms with Crippen molar-refractivity contribution < 1.29 is 9.59 Å². The molecule has 0 bridgehead atoms. The highest BCUT2D eigenvalue weighted by atomic mass is 79.9. The number of Topliss-reactive ketones (excluding diaryl/α,β-unsaturated/α-hetero) is 1. The fourth-order valence-corrected chi connectivity index (χ4v) is 2.87. The number of ketones is 1. The van der Waals surface area contributed by atoms with E-state index in [1.165, 1.54) is 0 Å². The molecule has 7 heteroatoms. The van der Waals surface area contributed by atoms with E-state index in [0.717, 1.165) is 15.7 Å². The molecule has 0 aliphatic carbocycles. The number of aromatic nitrogens is 2. The van der Waals surface area contributed by atoms with Gasteiger partial charge in [0.25, 0.3) is 0 Å². The van der Waals surface area contributed by atoms with Crippen LogP contribution in [0, 0.1) is 0 Å². The average molecular weight is 447 g/mol. The number of hydrogen-bond acceptors (Lipinski definition) is 3. The average Bonchev–Trinajstić information content (AvgIpc) is 3.14. The lowest BCUT2D eigenvalue weighted by Gasteiger charge is -2.04. The lowest BCUT2D eigenvalue weighted by atomic mass is 10.1. The van der Waals surface area contributed by atoms with Crippen LogP contribution < -0.4 is 5.32 Å². The van der Waals surface area contributed by atoms with E-state index in [0.29, 0.717) is 17.1 Å². The molecule has 2 aromatic carbocycles. The molecule has 0 saturated heterocycles. The summed E-state index contributed by atoms with van der Waals surface area (Å²) >= 11 is 9.21. The molecule has 0 atom stereocenters. The fourth-order valence-electron chi connectivity index (χ4n) is 2.48. The first-order valence-electron chi connectivity index (χ1n) is 8.36. The highest BCUT2D eigenvalue weighted by Crippen LogP contribution is 2.14. The summed E-state index contributed by atoms with van der Waals surface area (Å²) in [5.41, 5.74) is 2.37. The topological polar surface area (TPSA) is 64.0 Å². The third kappa shape index (κ3) is 5.52. The third-order valence-corrected chi connectivity index (χ3v) is 4.74. The van der Waals surface area contributed by atoms with Crippen molar-refractivity contribution in [1.82, 2.24) is 15.1 Å². The highest BCUT2D eigenvalue weighted by molar-refractivity contribution is 9.10. The van der Waals surface area contributed by atoms with Gasteiger partial charge in [-0.15, -0.1) is 0 Å². The van der Waals surface area contributed by atoms with Crippen LogP contribution in [0.2, 0.25) is 5.02 Å². The molecular weight excluding hydrogens is 430 g/mol. The molecule has 0 aliphatic heterocycles. The summed E-state index contributed by atoms with van der Waals surface area (Å²) in [6.45, 7) is 0.360. The second-order valence-corrected chi connectivity index (χ2v) is 7.33. The Morgan fingerprint density at radius 3 is 2.44 bits per heavy atom. The van der Waals surface area contributed by atoms with E-state index in [2.05, 4.69) is 26.3 Å². The summed E-state index contributed by atoms with van der Waals surface area (Å²) in [7, 11) is 0. The summed E-state index contributed by atoms with van der Waals surface area (Å²) in [4.78, 5) is 24.1. The van der Waals surface area contributed by atoms with Crippen molar-refractivity contribution in [2.45, 2.75) is 19.4 Å². The lowest BCUT2D eigenvalue weighted by Crippen LogP contribution is -2.23. The minimum absolute atomic E-state index is 0.0480. The number of benzene rings is 2. The molecule has 1 aromatic heterocycles. The van der Waals surface area contributed by atoms with Crippen molar-refractivity contribution in [3.8, 4) is 5.69 Å². The van der Waals surface area contributed by atoms with Gasteiger partial charge in [0.2, 0.25) is 5.91 Å². The van der Waals surface area contributed by atoms with Crippen LogP contribution in [0.15, 0.2) is 65.4 Å². The van der Waals surface area contributed by atoms with Gasteiger partial charge in [0.15, 0.2) is 5.78 Å². The van der Waals surface area contributed by atoms with Gasteiger partial charge in [-0.3, -0.25) is 9.59 Å². The molecule has 5 nitrogen and oxygen atoms in total. The summed E-state index contributed by atoms with van der Waals surface area (Å²) in [6, 6.07) is 14.4. The number of amides is 1. The van der Waals surface area contributed by atoms with Crippen LogP contribution in [0.4, 0.5) is 0 Å². The van der Waals surface area contributed by atoms with Crippen LogP contribution in [0.25, 0.3) is 5.69 Å². The molecule has 138 valence electrons. The van der Waals surface area contributed by atoms with Crippen molar-refractivity contribution in [3.63, 3.8) is 0 Å². The summed E-state index contributed by atoms with van der Waals surface area (Å²) in [5.74, 6) is -0.215. The zero-order valence-corrected chi connectivity index (χ0v) is 16.7. The van der Waals surface area contributed by atoms with Gasteiger partial charge < -0.3 is 5.32 Å². The Balaban J connectivity index is 1.47. The Bertz CT molecular complexity index is 937. The lowest BCUT2D eigenvalue weighted by molar-refractivity contribution is -0.121. The molecule has 1 heterocycles. The first kappa shape index (κ1) is 19.3. The summed E-state index contributed by atoms with van der Waals surface area (Å²) in [5, 5.41) is 7.76. The van der Waals surface area contributed by atoms with E-state index in [-0.39, 0.29) is 24.5 Å². The molecular formula is C20H17BrClN3O2. The standard InChI is InChI=1S/C20H17BrClN3O2/c21-16-3-1-15(2-4-16)19(26)9-10-20(27)23-11-14-12-24-25(13-14)18-7-5-17(22)6-8-18/h1-8,12-13H,9-11H2,(H,23,27).